The van der Waals surface area contributed by atoms with Gasteiger partial charge in [0.15, 0.2) is 0 Å². The first-order valence-electron chi connectivity index (χ1n) is 11.2. The molecule has 2 saturated heterocycles. The smallest absolute Gasteiger partial charge is 0.339 e. The summed E-state index contributed by atoms with van der Waals surface area (Å²) in [5.41, 5.74) is 1.06. The first kappa shape index (κ1) is 23.3. The summed E-state index contributed by atoms with van der Waals surface area (Å²) in [5.74, 6) is -0.783. The minimum Gasteiger partial charge on any atom is -0.465 e. The zero-order chi connectivity index (χ0) is 23.4. The summed E-state index contributed by atoms with van der Waals surface area (Å²) in [6.07, 6.45) is 1.82. The number of sulfonamides is 1. The van der Waals surface area contributed by atoms with E-state index in [9.17, 15) is 18.0 Å². The third kappa shape index (κ3) is 5.04. The SMILES string of the molecule is COC(=O)c1ccccc1S(=O)(=O)N1CCC(C(=O)N2CCC(Nc3ccccc3)C2)CC1. The number of hydrogen-bond acceptors (Lipinski definition) is 6. The van der Waals surface area contributed by atoms with Crippen LogP contribution < -0.4 is 5.32 Å². The van der Waals surface area contributed by atoms with Crippen molar-refractivity contribution in [2.45, 2.75) is 30.2 Å². The lowest BCUT2D eigenvalue weighted by molar-refractivity contribution is -0.135. The Hall–Kier alpha value is -2.91. The van der Waals surface area contributed by atoms with Crippen molar-refractivity contribution in [1.82, 2.24) is 9.21 Å². The molecule has 1 amide bonds. The third-order valence-corrected chi connectivity index (χ3v) is 8.31. The van der Waals surface area contributed by atoms with Crippen molar-refractivity contribution in [3.05, 3.63) is 60.2 Å². The molecule has 2 fully saturated rings. The predicted octanol–water partition coefficient (Wildman–Crippen LogP) is 2.59. The molecule has 2 aliphatic rings. The zero-order valence-corrected chi connectivity index (χ0v) is 19.5. The number of hydrogen-bond donors (Lipinski definition) is 1. The van der Waals surface area contributed by atoms with Crippen LogP contribution in [0.5, 0.6) is 0 Å². The predicted molar refractivity (Wildman–Crippen MR) is 124 cm³/mol. The number of ether oxygens (including phenoxy) is 1. The van der Waals surface area contributed by atoms with Crippen LogP contribution in [0.1, 0.15) is 29.6 Å². The van der Waals surface area contributed by atoms with Crippen LogP contribution in [0.25, 0.3) is 0 Å². The molecule has 176 valence electrons. The highest BCUT2D eigenvalue weighted by Gasteiger charge is 2.37. The molecule has 0 saturated carbocycles. The third-order valence-electron chi connectivity index (χ3n) is 6.36. The molecule has 0 aromatic heterocycles. The Balaban J connectivity index is 1.35. The topological polar surface area (TPSA) is 96.0 Å². The summed E-state index contributed by atoms with van der Waals surface area (Å²) in [6, 6.07) is 16.2. The van der Waals surface area contributed by atoms with Crippen LogP contribution in [-0.2, 0) is 19.6 Å². The Labute approximate surface area is 194 Å². The Morgan fingerprint density at radius 1 is 0.939 bits per heavy atom. The molecule has 2 aliphatic heterocycles. The molecular weight excluding hydrogens is 442 g/mol. The van der Waals surface area contributed by atoms with E-state index in [1.807, 2.05) is 35.2 Å². The van der Waals surface area contributed by atoms with Gasteiger partial charge in [0.05, 0.1) is 17.6 Å². The molecular formula is C24H29N3O5S. The lowest BCUT2D eigenvalue weighted by atomic mass is 9.96. The van der Waals surface area contributed by atoms with E-state index in [-0.39, 0.29) is 41.4 Å². The van der Waals surface area contributed by atoms with Crippen LogP contribution in [0, 0.1) is 5.92 Å². The molecule has 33 heavy (non-hydrogen) atoms. The number of esters is 1. The van der Waals surface area contributed by atoms with Gasteiger partial charge in [0.1, 0.15) is 0 Å². The fraction of sp³-hybridized carbons (Fsp3) is 0.417. The maximum atomic E-state index is 13.2. The molecule has 9 heteroatoms. The van der Waals surface area contributed by atoms with Gasteiger partial charge >= 0.3 is 5.97 Å². The zero-order valence-electron chi connectivity index (χ0n) is 18.6. The lowest BCUT2D eigenvalue weighted by Gasteiger charge is -2.32. The molecule has 0 spiro atoms. The van der Waals surface area contributed by atoms with Crippen molar-refractivity contribution in [3.8, 4) is 0 Å². The van der Waals surface area contributed by atoms with Crippen LogP contribution in [0.4, 0.5) is 5.69 Å². The highest BCUT2D eigenvalue weighted by Crippen LogP contribution is 2.28. The normalized spacial score (nSPS) is 19.9. The van der Waals surface area contributed by atoms with Gasteiger partial charge in [-0.25, -0.2) is 13.2 Å². The van der Waals surface area contributed by atoms with Crippen LogP contribution >= 0.6 is 0 Å². The Kier molecular flexibility index (Phi) is 6.99. The highest BCUT2D eigenvalue weighted by atomic mass is 32.2. The number of carbonyl (C=O) groups excluding carboxylic acids is 2. The lowest BCUT2D eigenvalue weighted by Crippen LogP contribution is -2.44. The second-order valence-electron chi connectivity index (χ2n) is 8.45. The second kappa shape index (κ2) is 9.93. The number of anilines is 1. The Morgan fingerprint density at radius 2 is 1.61 bits per heavy atom. The molecule has 0 bridgehead atoms. The number of likely N-dealkylation sites (tertiary alicyclic amines) is 1. The van der Waals surface area contributed by atoms with Gasteiger partial charge in [-0.15, -0.1) is 0 Å². The second-order valence-corrected chi connectivity index (χ2v) is 10.4. The largest absolute Gasteiger partial charge is 0.465 e. The molecule has 0 aliphatic carbocycles. The van der Waals surface area contributed by atoms with Gasteiger partial charge in [-0.2, -0.15) is 4.31 Å². The van der Waals surface area contributed by atoms with E-state index in [2.05, 4.69) is 5.32 Å². The molecule has 1 atom stereocenters. The molecule has 4 rings (SSSR count). The first-order valence-corrected chi connectivity index (χ1v) is 12.6. The van der Waals surface area contributed by atoms with Crippen molar-refractivity contribution in [3.63, 3.8) is 0 Å². The summed E-state index contributed by atoms with van der Waals surface area (Å²) < 4.78 is 32.5. The minimum absolute atomic E-state index is 0.0206. The molecule has 0 radical (unpaired) electrons. The van der Waals surface area contributed by atoms with Crippen LogP contribution in [-0.4, -0.2) is 68.8 Å². The number of amides is 1. The minimum atomic E-state index is -3.86. The van der Waals surface area contributed by atoms with Gasteiger partial charge in [-0.05, 0) is 43.5 Å². The Bertz CT molecular complexity index is 1100. The summed E-state index contributed by atoms with van der Waals surface area (Å²) in [7, 11) is -2.64. The van der Waals surface area contributed by atoms with Crippen molar-refractivity contribution in [2.75, 3.05) is 38.6 Å². The summed E-state index contributed by atoms with van der Waals surface area (Å²) in [4.78, 5) is 26.9. The fourth-order valence-electron chi connectivity index (χ4n) is 4.56. The van der Waals surface area contributed by atoms with Gasteiger partial charge in [-0.3, -0.25) is 4.79 Å². The number of benzene rings is 2. The summed E-state index contributed by atoms with van der Waals surface area (Å²) in [5, 5.41) is 3.47. The molecule has 2 aromatic carbocycles. The van der Waals surface area contributed by atoms with Gasteiger partial charge < -0.3 is 15.0 Å². The fourth-order valence-corrected chi connectivity index (χ4v) is 6.21. The maximum Gasteiger partial charge on any atom is 0.339 e. The number of rotatable bonds is 6. The van der Waals surface area contributed by atoms with E-state index in [4.69, 9.17) is 4.74 Å². The number of nitrogens with one attached hydrogen (secondary N) is 1. The quantitative estimate of drug-likeness (QED) is 0.651. The van der Waals surface area contributed by atoms with Gasteiger partial charge in [0.25, 0.3) is 0 Å². The Morgan fingerprint density at radius 3 is 2.30 bits per heavy atom. The monoisotopic (exact) mass is 471 g/mol. The number of carbonyl (C=O) groups is 2. The van der Waals surface area contributed by atoms with E-state index in [1.54, 1.807) is 12.1 Å². The van der Waals surface area contributed by atoms with E-state index >= 15 is 0 Å². The molecule has 8 nitrogen and oxygen atoms in total. The molecule has 2 aromatic rings. The first-order chi connectivity index (χ1) is 15.9. The average Bonchev–Trinajstić information content (AvgIpc) is 3.32. The van der Waals surface area contributed by atoms with E-state index in [0.29, 0.717) is 25.9 Å². The summed E-state index contributed by atoms with van der Waals surface area (Å²) >= 11 is 0. The number of methoxy groups -OCH3 is 1. The van der Waals surface area contributed by atoms with Gasteiger partial charge in [0.2, 0.25) is 15.9 Å². The number of para-hydroxylation sites is 1. The molecule has 1 unspecified atom stereocenters. The van der Waals surface area contributed by atoms with Gasteiger partial charge in [0, 0.05) is 43.8 Å². The van der Waals surface area contributed by atoms with Crippen molar-refractivity contribution in [2.24, 2.45) is 5.92 Å². The van der Waals surface area contributed by atoms with E-state index in [1.165, 1.54) is 23.5 Å². The number of piperidine rings is 1. The van der Waals surface area contributed by atoms with Crippen LogP contribution in [0.15, 0.2) is 59.5 Å². The van der Waals surface area contributed by atoms with Crippen LogP contribution in [0.2, 0.25) is 0 Å². The van der Waals surface area contributed by atoms with E-state index < -0.39 is 16.0 Å². The standard InChI is InChI=1S/C24H29N3O5S/c1-32-24(29)21-9-5-6-10-22(21)33(30,31)27-15-11-18(12-16-27)23(28)26-14-13-20(17-26)25-19-7-3-2-4-8-19/h2-10,18,20,25H,11-17H2,1H3. The van der Waals surface area contributed by atoms with Crippen molar-refractivity contribution < 1.29 is 22.7 Å². The number of nitrogens with zero attached hydrogens (tertiary/aromatic N) is 2. The van der Waals surface area contributed by atoms with E-state index in [0.717, 1.165) is 12.1 Å². The van der Waals surface area contributed by atoms with Crippen molar-refractivity contribution >= 4 is 27.6 Å². The molecule has 2 heterocycles. The maximum absolute atomic E-state index is 13.2. The molecule has 1 N–H and O–H groups in total. The van der Waals surface area contributed by atoms with Gasteiger partial charge in [-0.1, -0.05) is 30.3 Å². The average molecular weight is 472 g/mol. The van der Waals surface area contributed by atoms with Crippen LogP contribution in [0.3, 0.4) is 0 Å². The van der Waals surface area contributed by atoms with Crippen molar-refractivity contribution in [1.29, 1.82) is 0 Å². The summed E-state index contributed by atoms with van der Waals surface area (Å²) in [6.45, 7) is 1.84. The highest BCUT2D eigenvalue weighted by molar-refractivity contribution is 7.89.